The van der Waals surface area contributed by atoms with Crippen LogP contribution in [0.2, 0.25) is 0 Å². The van der Waals surface area contributed by atoms with Crippen molar-refractivity contribution in [3.8, 4) is 0 Å². The Morgan fingerprint density at radius 2 is 1.98 bits per heavy atom. The van der Waals surface area contributed by atoms with E-state index >= 15 is 4.39 Å². The number of rotatable bonds is 8. The summed E-state index contributed by atoms with van der Waals surface area (Å²) in [6.45, 7) is 0.459. The average Bonchev–Trinajstić information content (AvgIpc) is 3.20. The largest absolute Gasteiger partial charge is 0.469 e. The number of fused-ring (bicyclic) bond motifs is 2. The summed E-state index contributed by atoms with van der Waals surface area (Å²) in [7, 11) is -0.482. The van der Waals surface area contributed by atoms with Crippen molar-refractivity contribution in [1.29, 1.82) is 0 Å². The number of nitrogens with zero attached hydrogens (tertiary/aromatic N) is 2. The number of hydrogen-bond donors (Lipinski definition) is 1. The lowest BCUT2D eigenvalue weighted by molar-refractivity contribution is -0.140. The number of halogens is 2. The summed E-state index contributed by atoms with van der Waals surface area (Å²) >= 11 is 0. The second kappa shape index (κ2) is 10.7. The Morgan fingerprint density at radius 3 is 2.67 bits per heavy atom. The number of benzene rings is 1. The van der Waals surface area contributed by atoms with Crippen molar-refractivity contribution in [3.05, 3.63) is 87.0 Å². The number of sulfone groups is 1. The first-order valence-corrected chi connectivity index (χ1v) is 15.1. The first-order chi connectivity index (χ1) is 19.0. The quantitative estimate of drug-likeness (QED) is 0.382. The maximum Gasteiger partial charge on any atom is 0.305 e. The lowest BCUT2D eigenvalue weighted by Crippen LogP contribution is -2.46. The van der Waals surface area contributed by atoms with Gasteiger partial charge in [-0.2, -0.15) is 0 Å². The number of anilines is 1. The highest BCUT2D eigenvalue weighted by molar-refractivity contribution is 7.91. The van der Waals surface area contributed by atoms with Crippen LogP contribution in [-0.2, 0) is 26.4 Å². The molecule has 5 rings (SSSR count). The standard InChI is InChI=1S/C29H31F2N3O5S/c1-33-11-10-21-19(16-40(3,37)38)12-18-15-34(23-9-8-20(30)13-22(23)31)28-17(6-4-5-7-24(35)39-2)14-32-27(25(18)28)26(21)29(33)36/h8-13,15,17,28,32H,4-7,14,16H2,1-3H3. The molecule has 0 saturated carbocycles. The van der Waals surface area contributed by atoms with Gasteiger partial charge in [-0.15, -0.1) is 0 Å². The topological polar surface area (TPSA) is 97.7 Å². The molecule has 1 N–H and O–H groups in total. The molecule has 0 bridgehead atoms. The number of methoxy groups -OCH3 is 1. The predicted octanol–water partition coefficient (Wildman–Crippen LogP) is 3.54. The van der Waals surface area contributed by atoms with Crippen molar-refractivity contribution >= 4 is 32.8 Å². The summed E-state index contributed by atoms with van der Waals surface area (Å²) in [5.41, 5.74) is 3.28. The minimum Gasteiger partial charge on any atom is -0.469 e. The van der Waals surface area contributed by atoms with Crippen molar-refractivity contribution < 1.29 is 26.7 Å². The van der Waals surface area contributed by atoms with E-state index in [1.165, 1.54) is 23.8 Å². The first kappa shape index (κ1) is 27.8. The van der Waals surface area contributed by atoms with Gasteiger partial charge in [0.05, 0.1) is 35.9 Å². The normalized spacial score (nSPS) is 19.8. The molecule has 2 atom stereocenters. The van der Waals surface area contributed by atoms with Crippen LogP contribution in [-0.4, -0.2) is 50.7 Å². The van der Waals surface area contributed by atoms with E-state index < -0.39 is 27.5 Å². The van der Waals surface area contributed by atoms with E-state index in [-0.39, 0.29) is 35.3 Å². The molecule has 2 aromatic rings. The summed E-state index contributed by atoms with van der Waals surface area (Å²) in [4.78, 5) is 26.9. The van der Waals surface area contributed by atoms with Gasteiger partial charge in [0.1, 0.15) is 11.6 Å². The molecular weight excluding hydrogens is 540 g/mol. The fraction of sp³-hybridized carbons (Fsp3) is 0.379. The minimum atomic E-state index is -3.46. The van der Waals surface area contributed by atoms with E-state index in [1.807, 2.05) is 0 Å². The molecular formula is C29H31F2N3O5S. The van der Waals surface area contributed by atoms with Gasteiger partial charge in [-0.1, -0.05) is 6.42 Å². The molecule has 11 heteroatoms. The van der Waals surface area contributed by atoms with E-state index in [0.29, 0.717) is 53.8 Å². The van der Waals surface area contributed by atoms with Gasteiger partial charge in [-0.3, -0.25) is 9.59 Å². The number of aromatic nitrogens is 1. The summed E-state index contributed by atoms with van der Waals surface area (Å²) in [5, 5.41) is 3.45. The zero-order valence-electron chi connectivity index (χ0n) is 22.5. The lowest BCUT2D eigenvalue weighted by Gasteiger charge is -2.39. The molecule has 0 radical (unpaired) electrons. The van der Waals surface area contributed by atoms with Crippen LogP contribution in [0.15, 0.2) is 58.7 Å². The van der Waals surface area contributed by atoms with Crippen molar-refractivity contribution in [2.45, 2.75) is 31.7 Å². The zero-order chi connectivity index (χ0) is 28.8. The highest BCUT2D eigenvalue weighted by atomic mass is 32.2. The second-order valence-corrected chi connectivity index (χ2v) is 12.7. The Balaban J connectivity index is 1.67. The van der Waals surface area contributed by atoms with Gasteiger partial charge in [0, 0.05) is 56.2 Å². The fourth-order valence-electron chi connectivity index (χ4n) is 5.90. The van der Waals surface area contributed by atoms with Crippen LogP contribution in [0.5, 0.6) is 0 Å². The van der Waals surface area contributed by atoms with Gasteiger partial charge >= 0.3 is 5.97 Å². The maximum absolute atomic E-state index is 15.2. The Bertz CT molecular complexity index is 1640. The number of unbranched alkanes of at least 4 members (excludes halogenated alkanes) is 1. The van der Waals surface area contributed by atoms with Gasteiger partial charge in [0.15, 0.2) is 9.84 Å². The molecule has 2 aliphatic heterocycles. The number of allylic oxidation sites excluding steroid dienone is 1. The van der Waals surface area contributed by atoms with Crippen LogP contribution in [0.3, 0.4) is 0 Å². The van der Waals surface area contributed by atoms with Gasteiger partial charge in [-0.05, 0) is 53.8 Å². The van der Waals surface area contributed by atoms with Crippen molar-refractivity contribution in [2.75, 3.05) is 30.6 Å². The molecule has 1 aromatic carbocycles. The van der Waals surface area contributed by atoms with Crippen molar-refractivity contribution in [3.63, 3.8) is 0 Å². The van der Waals surface area contributed by atoms with Crippen LogP contribution < -0.4 is 15.8 Å². The smallest absolute Gasteiger partial charge is 0.305 e. The SMILES string of the molecule is COC(=O)CCCCC1CNC2=C3C(=CN(c4ccc(F)cc4F)C31)C=C(CS(C)(=O)=O)c1ccn(C)c(=O)c12. The van der Waals surface area contributed by atoms with Crippen molar-refractivity contribution in [2.24, 2.45) is 13.0 Å². The van der Waals surface area contributed by atoms with Gasteiger partial charge < -0.3 is 19.5 Å². The highest BCUT2D eigenvalue weighted by Gasteiger charge is 2.44. The molecule has 0 amide bonds. The van der Waals surface area contributed by atoms with E-state index in [9.17, 15) is 22.4 Å². The molecule has 212 valence electrons. The van der Waals surface area contributed by atoms with Gasteiger partial charge in [0.2, 0.25) is 0 Å². The number of aryl methyl sites for hydroxylation is 1. The Labute approximate surface area is 231 Å². The van der Waals surface area contributed by atoms with E-state index in [4.69, 9.17) is 4.74 Å². The van der Waals surface area contributed by atoms with E-state index in [0.717, 1.165) is 17.9 Å². The van der Waals surface area contributed by atoms with E-state index in [2.05, 4.69) is 5.32 Å². The molecule has 0 spiro atoms. The number of esters is 1. The van der Waals surface area contributed by atoms with Crippen LogP contribution in [0.4, 0.5) is 14.5 Å². The Hall–Kier alpha value is -3.73. The third kappa shape index (κ3) is 5.22. The maximum atomic E-state index is 15.2. The number of pyridine rings is 1. The number of carbonyl (C=O) groups excluding carboxylic acids is 1. The summed E-state index contributed by atoms with van der Waals surface area (Å²) < 4.78 is 60.0. The second-order valence-electron chi connectivity index (χ2n) is 10.5. The molecule has 3 aliphatic rings. The molecule has 1 aliphatic carbocycles. The first-order valence-electron chi connectivity index (χ1n) is 13.1. The Morgan fingerprint density at radius 1 is 1.20 bits per heavy atom. The van der Waals surface area contributed by atoms with Crippen LogP contribution in [0.1, 0.15) is 36.8 Å². The number of nitrogens with one attached hydrogen (secondary N) is 1. The minimum absolute atomic E-state index is 0.0597. The Kier molecular flexibility index (Phi) is 7.43. The fourth-order valence-corrected chi connectivity index (χ4v) is 6.70. The van der Waals surface area contributed by atoms with E-state index in [1.54, 1.807) is 36.5 Å². The van der Waals surface area contributed by atoms with Crippen molar-refractivity contribution in [1.82, 2.24) is 9.88 Å². The van der Waals surface area contributed by atoms with Crippen LogP contribution in [0, 0.1) is 17.6 Å². The summed E-state index contributed by atoms with van der Waals surface area (Å²) in [5.74, 6) is -2.05. The summed E-state index contributed by atoms with van der Waals surface area (Å²) in [6.07, 6.45) is 8.57. The van der Waals surface area contributed by atoms with Gasteiger partial charge in [-0.25, -0.2) is 17.2 Å². The monoisotopic (exact) mass is 571 g/mol. The molecule has 40 heavy (non-hydrogen) atoms. The molecule has 3 heterocycles. The van der Waals surface area contributed by atoms with Gasteiger partial charge in [0.25, 0.3) is 5.56 Å². The molecule has 0 saturated heterocycles. The molecule has 2 unspecified atom stereocenters. The predicted molar refractivity (Wildman–Crippen MR) is 149 cm³/mol. The number of ether oxygens (including phenoxy) is 1. The lowest BCUT2D eigenvalue weighted by atomic mass is 9.82. The number of hydrogen-bond acceptors (Lipinski definition) is 7. The molecule has 1 aromatic heterocycles. The highest BCUT2D eigenvalue weighted by Crippen LogP contribution is 2.47. The summed E-state index contributed by atoms with van der Waals surface area (Å²) in [6, 6.07) is 4.76. The molecule has 0 fully saturated rings. The van der Waals surface area contributed by atoms with Crippen LogP contribution in [0.25, 0.3) is 11.3 Å². The zero-order valence-corrected chi connectivity index (χ0v) is 23.4. The third-order valence-corrected chi connectivity index (χ3v) is 8.51. The number of carbonyl (C=O) groups is 1. The average molecular weight is 572 g/mol. The molecule has 8 nitrogen and oxygen atoms in total. The third-order valence-electron chi connectivity index (χ3n) is 7.67. The van der Waals surface area contributed by atoms with Crippen LogP contribution >= 0.6 is 0 Å².